The summed E-state index contributed by atoms with van der Waals surface area (Å²) in [6, 6.07) is 19.3. The number of benzene rings is 2. The van der Waals surface area contributed by atoms with Gasteiger partial charge in [-0.15, -0.1) is 0 Å². The molecular weight excluding hydrogens is 473 g/mol. The molecular formula is C25H17Cl2N5O2. The SMILES string of the molecule is O=C(Nc1ccc(C(=O)N2Cc3ccccc3Nc3ncccc32)c(Cl)c1)c1cccnc1Cl. The molecule has 2 amide bonds. The Morgan fingerprint density at radius 1 is 0.912 bits per heavy atom. The fourth-order valence-corrected chi connectivity index (χ4v) is 4.19. The van der Waals surface area contributed by atoms with Crippen LogP contribution in [-0.2, 0) is 6.54 Å². The molecule has 1 aliphatic rings. The molecule has 0 saturated heterocycles. The molecule has 0 unspecified atom stereocenters. The predicted molar refractivity (Wildman–Crippen MR) is 133 cm³/mol. The van der Waals surface area contributed by atoms with Gasteiger partial charge >= 0.3 is 0 Å². The normalized spacial score (nSPS) is 12.1. The summed E-state index contributed by atoms with van der Waals surface area (Å²) in [6.45, 7) is 0.342. The zero-order valence-electron chi connectivity index (χ0n) is 17.6. The summed E-state index contributed by atoms with van der Waals surface area (Å²) in [6.07, 6.45) is 3.17. The molecule has 0 spiro atoms. The van der Waals surface area contributed by atoms with Gasteiger partial charge in [0.1, 0.15) is 5.15 Å². The lowest BCUT2D eigenvalue weighted by atomic mass is 10.1. The molecule has 0 bridgehead atoms. The second kappa shape index (κ2) is 9.13. The molecule has 0 aliphatic carbocycles. The minimum atomic E-state index is -0.427. The lowest BCUT2D eigenvalue weighted by Crippen LogP contribution is -2.30. The fourth-order valence-electron chi connectivity index (χ4n) is 3.72. The first-order valence-electron chi connectivity index (χ1n) is 10.3. The number of fused-ring (bicyclic) bond motifs is 2. The second-order valence-electron chi connectivity index (χ2n) is 7.54. The summed E-state index contributed by atoms with van der Waals surface area (Å²) in [7, 11) is 0. The number of carbonyl (C=O) groups is 2. The van der Waals surface area contributed by atoms with Gasteiger partial charge in [0.15, 0.2) is 5.82 Å². The molecule has 168 valence electrons. The van der Waals surface area contributed by atoms with Crippen LogP contribution in [0.15, 0.2) is 79.1 Å². The van der Waals surface area contributed by atoms with Gasteiger partial charge in [-0.3, -0.25) is 9.59 Å². The highest BCUT2D eigenvalue weighted by Crippen LogP contribution is 2.35. The van der Waals surface area contributed by atoms with E-state index in [0.29, 0.717) is 29.3 Å². The summed E-state index contributed by atoms with van der Waals surface area (Å²) >= 11 is 12.5. The van der Waals surface area contributed by atoms with Crippen molar-refractivity contribution < 1.29 is 9.59 Å². The van der Waals surface area contributed by atoms with Crippen LogP contribution in [0, 0.1) is 0 Å². The number of carbonyl (C=O) groups excluding carboxylic acids is 2. The van der Waals surface area contributed by atoms with E-state index in [0.717, 1.165) is 11.3 Å². The average Bonchev–Trinajstić information content (AvgIpc) is 3.01. The molecule has 2 aromatic heterocycles. The first kappa shape index (κ1) is 21.9. The Morgan fingerprint density at radius 3 is 2.53 bits per heavy atom. The number of rotatable bonds is 3. The second-order valence-corrected chi connectivity index (χ2v) is 8.30. The van der Waals surface area contributed by atoms with Crippen molar-refractivity contribution in [1.29, 1.82) is 0 Å². The van der Waals surface area contributed by atoms with Crippen molar-refractivity contribution in [1.82, 2.24) is 9.97 Å². The van der Waals surface area contributed by atoms with Gasteiger partial charge in [-0.1, -0.05) is 41.4 Å². The van der Waals surface area contributed by atoms with Gasteiger partial charge in [-0.05, 0) is 54.1 Å². The van der Waals surface area contributed by atoms with Crippen LogP contribution in [0.3, 0.4) is 0 Å². The molecule has 7 nitrogen and oxygen atoms in total. The molecule has 0 fully saturated rings. The molecule has 4 aromatic rings. The molecule has 3 heterocycles. The van der Waals surface area contributed by atoms with E-state index in [1.54, 1.807) is 41.4 Å². The summed E-state index contributed by atoms with van der Waals surface area (Å²) < 4.78 is 0. The van der Waals surface area contributed by atoms with Crippen LogP contribution in [0.1, 0.15) is 26.3 Å². The van der Waals surface area contributed by atoms with Crippen LogP contribution < -0.4 is 15.5 Å². The quantitative estimate of drug-likeness (QED) is 0.347. The van der Waals surface area contributed by atoms with E-state index in [4.69, 9.17) is 23.2 Å². The van der Waals surface area contributed by atoms with Crippen molar-refractivity contribution in [2.24, 2.45) is 0 Å². The molecule has 34 heavy (non-hydrogen) atoms. The highest BCUT2D eigenvalue weighted by molar-refractivity contribution is 6.35. The zero-order valence-corrected chi connectivity index (χ0v) is 19.1. The summed E-state index contributed by atoms with van der Waals surface area (Å²) in [5.74, 6) is -0.136. The van der Waals surface area contributed by atoms with Crippen molar-refractivity contribution in [3.63, 3.8) is 0 Å². The average molecular weight is 490 g/mol. The minimum absolute atomic E-state index is 0.0974. The summed E-state index contributed by atoms with van der Waals surface area (Å²) in [4.78, 5) is 36.1. The molecule has 1 aliphatic heterocycles. The lowest BCUT2D eigenvalue weighted by molar-refractivity contribution is 0.0984. The smallest absolute Gasteiger partial charge is 0.260 e. The standard InChI is InChI=1S/C25H17Cl2N5O2/c26-19-13-16(30-24(33)18-6-3-11-28-22(18)27)9-10-17(19)25(34)32-14-15-5-1-2-7-20(15)31-23-21(32)8-4-12-29-23/h1-13H,14H2,(H,29,31)(H,30,33). The van der Waals surface area contributed by atoms with E-state index in [1.165, 1.54) is 12.3 Å². The molecule has 2 N–H and O–H groups in total. The third-order valence-electron chi connectivity index (χ3n) is 5.38. The third kappa shape index (κ3) is 4.19. The highest BCUT2D eigenvalue weighted by atomic mass is 35.5. The van der Waals surface area contributed by atoms with E-state index in [-0.39, 0.29) is 21.6 Å². The first-order valence-corrected chi connectivity index (χ1v) is 11.1. The molecule has 0 saturated carbocycles. The monoisotopic (exact) mass is 489 g/mol. The van der Waals surface area contributed by atoms with E-state index >= 15 is 0 Å². The predicted octanol–water partition coefficient (Wildman–Crippen LogP) is 5.94. The fraction of sp³-hybridized carbons (Fsp3) is 0.0400. The molecule has 0 atom stereocenters. The zero-order chi connectivity index (χ0) is 23.7. The maximum absolute atomic E-state index is 13.6. The number of nitrogens with one attached hydrogen (secondary N) is 2. The van der Waals surface area contributed by atoms with Gasteiger partial charge in [0.25, 0.3) is 11.8 Å². The lowest BCUT2D eigenvalue weighted by Gasteiger charge is -2.23. The van der Waals surface area contributed by atoms with Gasteiger partial charge in [0.2, 0.25) is 0 Å². The van der Waals surface area contributed by atoms with E-state index in [9.17, 15) is 9.59 Å². The molecule has 0 radical (unpaired) electrons. The van der Waals surface area contributed by atoms with E-state index in [1.807, 2.05) is 30.3 Å². The van der Waals surface area contributed by atoms with Crippen molar-refractivity contribution in [3.05, 3.63) is 106 Å². The number of nitrogens with zero attached hydrogens (tertiary/aromatic N) is 3. The number of anilines is 4. The topological polar surface area (TPSA) is 87.2 Å². The Labute approximate surface area is 205 Å². The number of aromatic nitrogens is 2. The number of hydrogen-bond donors (Lipinski definition) is 2. The van der Waals surface area contributed by atoms with Crippen molar-refractivity contribution in [2.45, 2.75) is 6.54 Å². The maximum atomic E-state index is 13.6. The minimum Gasteiger partial charge on any atom is -0.338 e. The van der Waals surface area contributed by atoms with Gasteiger partial charge in [-0.25, -0.2) is 9.97 Å². The third-order valence-corrected chi connectivity index (χ3v) is 6.00. The largest absolute Gasteiger partial charge is 0.338 e. The van der Waals surface area contributed by atoms with Crippen molar-refractivity contribution in [3.8, 4) is 0 Å². The Balaban J connectivity index is 1.45. The highest BCUT2D eigenvalue weighted by Gasteiger charge is 2.27. The Hall–Kier alpha value is -3.94. The van der Waals surface area contributed by atoms with Crippen molar-refractivity contribution in [2.75, 3.05) is 15.5 Å². The number of pyridine rings is 2. The summed E-state index contributed by atoms with van der Waals surface area (Å²) in [5, 5.41) is 6.34. The van der Waals surface area contributed by atoms with Gasteiger partial charge in [0.05, 0.1) is 28.4 Å². The summed E-state index contributed by atoms with van der Waals surface area (Å²) in [5.41, 5.74) is 3.44. The number of amides is 2. The van der Waals surface area contributed by atoms with Crippen LogP contribution in [0.2, 0.25) is 10.2 Å². The van der Waals surface area contributed by atoms with Crippen LogP contribution in [-0.4, -0.2) is 21.8 Å². The van der Waals surface area contributed by atoms with E-state index < -0.39 is 5.91 Å². The van der Waals surface area contributed by atoms with Crippen LogP contribution in [0.4, 0.5) is 22.9 Å². The Kier molecular flexibility index (Phi) is 5.88. The number of halogens is 2. The Bertz CT molecular complexity index is 1430. The van der Waals surface area contributed by atoms with Crippen molar-refractivity contribution >= 4 is 57.9 Å². The Morgan fingerprint density at radius 2 is 1.71 bits per heavy atom. The molecule has 2 aromatic carbocycles. The number of hydrogen-bond acceptors (Lipinski definition) is 5. The van der Waals surface area contributed by atoms with Crippen LogP contribution in [0.5, 0.6) is 0 Å². The van der Waals surface area contributed by atoms with Gasteiger partial charge < -0.3 is 15.5 Å². The van der Waals surface area contributed by atoms with Crippen LogP contribution >= 0.6 is 23.2 Å². The first-order chi connectivity index (χ1) is 16.5. The van der Waals surface area contributed by atoms with Gasteiger partial charge in [0, 0.05) is 23.8 Å². The molecule has 9 heteroatoms. The molecule has 5 rings (SSSR count). The van der Waals surface area contributed by atoms with Crippen LogP contribution in [0.25, 0.3) is 0 Å². The maximum Gasteiger partial charge on any atom is 0.260 e. The van der Waals surface area contributed by atoms with E-state index in [2.05, 4.69) is 20.6 Å². The van der Waals surface area contributed by atoms with Gasteiger partial charge in [-0.2, -0.15) is 0 Å². The number of para-hydroxylation sites is 1.